The number of aryl methyl sites for hydroxylation is 1. The molecule has 0 bridgehead atoms. The first-order valence-corrected chi connectivity index (χ1v) is 11.7. The monoisotopic (exact) mass is 528 g/mol. The van der Waals surface area contributed by atoms with Crippen LogP contribution >= 0.6 is 51.7 Å². The Bertz CT molecular complexity index is 927. The Morgan fingerprint density at radius 1 is 1.23 bits per heavy atom. The summed E-state index contributed by atoms with van der Waals surface area (Å²) < 4.78 is 15.9. The van der Waals surface area contributed by atoms with Crippen LogP contribution in [0.4, 0.5) is 0 Å². The highest BCUT2D eigenvalue weighted by Crippen LogP contribution is 2.33. The maximum absolute atomic E-state index is 6.49. The Morgan fingerprint density at radius 2 is 2.07 bits per heavy atom. The van der Waals surface area contributed by atoms with Gasteiger partial charge in [-0.3, -0.25) is 0 Å². The molecule has 1 fully saturated rings. The van der Waals surface area contributed by atoms with Crippen molar-refractivity contribution in [2.24, 2.45) is 0 Å². The number of rotatable bonds is 8. The third-order valence-corrected chi connectivity index (χ3v) is 6.71. The third kappa shape index (κ3) is 6.49. The van der Waals surface area contributed by atoms with E-state index in [1.807, 2.05) is 35.0 Å². The molecule has 4 nitrogen and oxygen atoms in total. The van der Waals surface area contributed by atoms with Crippen LogP contribution in [0.2, 0.25) is 5.02 Å². The van der Waals surface area contributed by atoms with Gasteiger partial charge in [-0.1, -0.05) is 45.7 Å². The van der Waals surface area contributed by atoms with Gasteiger partial charge in [-0.05, 0) is 42.3 Å². The molecule has 0 amide bonds. The summed E-state index contributed by atoms with van der Waals surface area (Å²) in [7, 11) is 0. The van der Waals surface area contributed by atoms with E-state index in [0.29, 0.717) is 13.2 Å². The normalized spacial score (nSPS) is 20.8. The Hall–Kier alpha value is -1.02. The highest BCUT2D eigenvalue weighted by Gasteiger charge is 2.41. The van der Waals surface area contributed by atoms with Crippen LogP contribution in [0.15, 0.2) is 76.6 Å². The van der Waals surface area contributed by atoms with Crippen LogP contribution in [0.5, 0.6) is 0 Å². The summed E-state index contributed by atoms with van der Waals surface area (Å²) in [5.41, 5.74) is 1.22. The van der Waals surface area contributed by atoms with Crippen molar-refractivity contribution in [1.29, 1.82) is 0 Å². The van der Waals surface area contributed by atoms with Crippen LogP contribution in [-0.2, 0) is 22.4 Å². The minimum absolute atomic E-state index is 0. The predicted octanol–water partition coefficient (Wildman–Crippen LogP) is 6.26. The SMILES string of the molecule is Cl.Clc1ccc(CCC2(Cn3ccnc3)OCC(CSc3cccc(Br)c3)O2)cc1. The molecule has 0 spiro atoms. The second kappa shape index (κ2) is 11.0. The highest BCUT2D eigenvalue weighted by atomic mass is 79.9. The molecule has 1 aromatic heterocycles. The van der Waals surface area contributed by atoms with Crippen LogP contribution in [-0.4, -0.2) is 33.8 Å². The number of imidazole rings is 1. The minimum Gasteiger partial charge on any atom is -0.345 e. The zero-order chi connectivity index (χ0) is 20.1. The van der Waals surface area contributed by atoms with Crippen molar-refractivity contribution in [3.05, 3.63) is 82.3 Å². The Balaban J connectivity index is 0.00000256. The van der Waals surface area contributed by atoms with Crippen LogP contribution in [0.3, 0.4) is 0 Å². The lowest BCUT2D eigenvalue weighted by Crippen LogP contribution is -2.37. The smallest absolute Gasteiger partial charge is 0.187 e. The molecule has 30 heavy (non-hydrogen) atoms. The Labute approximate surface area is 200 Å². The molecule has 4 rings (SSSR count). The van der Waals surface area contributed by atoms with E-state index < -0.39 is 5.79 Å². The van der Waals surface area contributed by atoms with E-state index in [9.17, 15) is 0 Å². The van der Waals surface area contributed by atoms with E-state index in [2.05, 4.69) is 45.2 Å². The molecule has 3 aromatic rings. The summed E-state index contributed by atoms with van der Waals surface area (Å²) in [5, 5.41) is 0.750. The molecule has 1 aliphatic rings. The van der Waals surface area contributed by atoms with Crippen molar-refractivity contribution < 1.29 is 9.47 Å². The predicted molar refractivity (Wildman–Crippen MR) is 128 cm³/mol. The standard InChI is InChI=1S/C22H22BrClN2O2S.ClH/c23-18-2-1-3-21(12-18)29-14-20-13-27-22(28-20,15-26-11-10-25-16-26)9-8-17-4-6-19(24)7-5-17;/h1-7,10-12,16,20H,8-9,13-15H2;1H. The van der Waals surface area contributed by atoms with E-state index in [-0.39, 0.29) is 18.5 Å². The number of thioether (sulfide) groups is 1. The molecular weight excluding hydrogens is 507 g/mol. The average Bonchev–Trinajstić information content (AvgIpc) is 3.37. The number of hydrogen-bond acceptors (Lipinski definition) is 4. The second-order valence-electron chi connectivity index (χ2n) is 7.09. The largest absolute Gasteiger partial charge is 0.345 e. The lowest BCUT2D eigenvalue weighted by Gasteiger charge is -2.28. The number of aromatic nitrogens is 2. The molecule has 160 valence electrons. The molecule has 2 aromatic carbocycles. The molecule has 2 atom stereocenters. The number of ether oxygens (including phenoxy) is 2. The average molecular weight is 530 g/mol. The van der Waals surface area contributed by atoms with Crippen LogP contribution in [0.1, 0.15) is 12.0 Å². The highest BCUT2D eigenvalue weighted by molar-refractivity contribution is 9.10. The Kier molecular flexibility index (Phi) is 8.69. The zero-order valence-electron chi connectivity index (χ0n) is 16.2. The van der Waals surface area contributed by atoms with Gasteiger partial charge in [0.05, 0.1) is 25.6 Å². The number of hydrogen-bond donors (Lipinski definition) is 0. The van der Waals surface area contributed by atoms with Gasteiger partial charge in [0.1, 0.15) is 0 Å². The molecular formula is C22H23BrCl2N2O2S. The maximum atomic E-state index is 6.49. The van der Waals surface area contributed by atoms with Crippen molar-refractivity contribution in [3.63, 3.8) is 0 Å². The van der Waals surface area contributed by atoms with E-state index in [4.69, 9.17) is 21.1 Å². The summed E-state index contributed by atoms with van der Waals surface area (Å²) in [4.78, 5) is 5.37. The van der Waals surface area contributed by atoms with Crippen molar-refractivity contribution >= 4 is 51.7 Å². The lowest BCUT2D eigenvalue weighted by atomic mass is 10.0. The molecule has 2 unspecified atom stereocenters. The second-order valence-corrected chi connectivity index (χ2v) is 9.54. The molecule has 0 radical (unpaired) electrons. The van der Waals surface area contributed by atoms with Gasteiger partial charge in [0.25, 0.3) is 0 Å². The van der Waals surface area contributed by atoms with Gasteiger partial charge in [0, 0.05) is 39.0 Å². The van der Waals surface area contributed by atoms with Crippen molar-refractivity contribution in [1.82, 2.24) is 9.55 Å². The first-order valence-electron chi connectivity index (χ1n) is 9.51. The van der Waals surface area contributed by atoms with E-state index in [1.54, 1.807) is 24.3 Å². The van der Waals surface area contributed by atoms with E-state index >= 15 is 0 Å². The molecule has 2 heterocycles. The Morgan fingerprint density at radius 3 is 2.80 bits per heavy atom. The molecule has 1 saturated heterocycles. The van der Waals surface area contributed by atoms with Crippen molar-refractivity contribution in [3.8, 4) is 0 Å². The summed E-state index contributed by atoms with van der Waals surface area (Å²) in [6.45, 7) is 1.22. The zero-order valence-corrected chi connectivity index (χ0v) is 20.2. The van der Waals surface area contributed by atoms with Crippen LogP contribution in [0, 0.1) is 0 Å². The number of nitrogens with zero attached hydrogens (tertiary/aromatic N) is 2. The molecule has 0 N–H and O–H groups in total. The first-order chi connectivity index (χ1) is 14.1. The van der Waals surface area contributed by atoms with Crippen LogP contribution < -0.4 is 0 Å². The number of halogens is 3. The van der Waals surface area contributed by atoms with Gasteiger partial charge < -0.3 is 14.0 Å². The van der Waals surface area contributed by atoms with Crippen molar-refractivity contribution in [2.75, 3.05) is 12.4 Å². The molecule has 0 aliphatic carbocycles. The fourth-order valence-electron chi connectivity index (χ4n) is 3.38. The fourth-order valence-corrected chi connectivity index (χ4v) is 4.99. The first kappa shape index (κ1) is 23.6. The molecule has 0 saturated carbocycles. The van der Waals surface area contributed by atoms with Gasteiger partial charge >= 0.3 is 0 Å². The van der Waals surface area contributed by atoms with E-state index in [0.717, 1.165) is 28.1 Å². The summed E-state index contributed by atoms with van der Waals surface area (Å²) in [5.74, 6) is 0.200. The van der Waals surface area contributed by atoms with E-state index in [1.165, 1.54) is 10.5 Å². The minimum atomic E-state index is -0.650. The van der Waals surface area contributed by atoms with Gasteiger partial charge in [-0.2, -0.15) is 0 Å². The summed E-state index contributed by atoms with van der Waals surface area (Å²) in [6.07, 6.45) is 7.21. The maximum Gasteiger partial charge on any atom is 0.187 e. The van der Waals surface area contributed by atoms with Gasteiger partial charge in [-0.25, -0.2) is 4.98 Å². The van der Waals surface area contributed by atoms with Crippen LogP contribution in [0.25, 0.3) is 0 Å². The number of benzene rings is 2. The van der Waals surface area contributed by atoms with Gasteiger partial charge in [-0.15, -0.1) is 24.2 Å². The lowest BCUT2D eigenvalue weighted by molar-refractivity contribution is -0.180. The summed E-state index contributed by atoms with van der Waals surface area (Å²) >= 11 is 11.3. The summed E-state index contributed by atoms with van der Waals surface area (Å²) in [6, 6.07) is 16.3. The topological polar surface area (TPSA) is 36.3 Å². The quantitative estimate of drug-likeness (QED) is 0.323. The van der Waals surface area contributed by atoms with Gasteiger partial charge in [0.15, 0.2) is 5.79 Å². The molecule has 8 heteroatoms. The molecule has 1 aliphatic heterocycles. The fraction of sp³-hybridized carbons (Fsp3) is 0.318. The van der Waals surface area contributed by atoms with Crippen molar-refractivity contribution in [2.45, 2.75) is 36.2 Å². The third-order valence-electron chi connectivity index (χ3n) is 4.84. The van der Waals surface area contributed by atoms with Gasteiger partial charge in [0.2, 0.25) is 0 Å².